The summed E-state index contributed by atoms with van der Waals surface area (Å²) in [5.41, 5.74) is 0.794. The largest absolute Gasteiger partial charge is 0.343 e. The second-order valence-electron chi connectivity index (χ2n) is 11.9. The molecule has 236 valence electrons. The van der Waals surface area contributed by atoms with Gasteiger partial charge in [-0.2, -0.15) is 0 Å². The number of carbonyl (C=O) groups is 6. The molecule has 4 amide bonds. The second kappa shape index (κ2) is 16.9. The lowest BCUT2D eigenvalue weighted by Crippen LogP contribution is -2.64. The van der Waals surface area contributed by atoms with Gasteiger partial charge in [-0.15, -0.1) is 0 Å². The first-order valence-corrected chi connectivity index (χ1v) is 15.9. The second-order valence-corrected chi connectivity index (χ2v) is 11.9. The Morgan fingerprint density at radius 1 is 0.860 bits per heavy atom. The van der Waals surface area contributed by atoms with Gasteiger partial charge in [0.15, 0.2) is 0 Å². The maximum absolute atomic E-state index is 13.9. The lowest BCUT2D eigenvalue weighted by atomic mass is 9.93. The highest BCUT2D eigenvalue weighted by molar-refractivity contribution is 5.99. The van der Waals surface area contributed by atoms with Crippen molar-refractivity contribution < 1.29 is 28.8 Å². The molecule has 2 aliphatic rings. The molecule has 0 spiro atoms. The fourth-order valence-electron chi connectivity index (χ4n) is 5.75. The number of unbranched alkanes of at least 4 members (excludes halogenated alkanes) is 2. The van der Waals surface area contributed by atoms with E-state index in [4.69, 9.17) is 0 Å². The molecule has 0 aromatic heterocycles. The van der Waals surface area contributed by atoms with E-state index in [-0.39, 0.29) is 42.1 Å². The molecule has 0 aliphatic carbocycles. The summed E-state index contributed by atoms with van der Waals surface area (Å²) < 4.78 is 0. The van der Waals surface area contributed by atoms with Gasteiger partial charge in [0.2, 0.25) is 23.6 Å². The average Bonchev–Trinajstić information content (AvgIpc) is 3.01. The SMILES string of the molecule is CCC(=O)CCCCC[C@@H]1NC(=O)[C@H]2CCCCN2C(=O)[C@H]([C@H](C)CC)NC(=O)[C@H](CC(=O)Cc2ccccc2)NC1=O. The van der Waals surface area contributed by atoms with Crippen LogP contribution in [0.3, 0.4) is 0 Å². The summed E-state index contributed by atoms with van der Waals surface area (Å²) in [4.78, 5) is 81.1. The molecule has 2 heterocycles. The highest BCUT2D eigenvalue weighted by Gasteiger charge is 2.41. The van der Waals surface area contributed by atoms with Crippen LogP contribution in [0.1, 0.15) is 97.0 Å². The van der Waals surface area contributed by atoms with Crippen LogP contribution in [0.2, 0.25) is 0 Å². The normalized spacial score (nSPS) is 24.0. The molecule has 0 saturated carbocycles. The van der Waals surface area contributed by atoms with Gasteiger partial charge in [0, 0.05) is 32.2 Å². The number of hydrogen-bond donors (Lipinski definition) is 3. The van der Waals surface area contributed by atoms with Crippen molar-refractivity contribution in [3.63, 3.8) is 0 Å². The molecular weight excluding hydrogens is 548 g/mol. The molecule has 2 fully saturated rings. The lowest BCUT2D eigenvalue weighted by molar-refractivity contribution is -0.148. The molecule has 43 heavy (non-hydrogen) atoms. The number of piperidine rings is 1. The summed E-state index contributed by atoms with van der Waals surface area (Å²) in [6, 6.07) is 5.37. The fraction of sp³-hybridized carbons (Fsp3) is 0.636. The minimum Gasteiger partial charge on any atom is -0.343 e. The Kier molecular flexibility index (Phi) is 13.3. The lowest BCUT2D eigenvalue weighted by Gasteiger charge is -2.39. The molecule has 3 rings (SSSR count). The van der Waals surface area contributed by atoms with E-state index in [0.29, 0.717) is 57.9 Å². The highest BCUT2D eigenvalue weighted by Crippen LogP contribution is 2.22. The molecule has 0 unspecified atom stereocenters. The van der Waals surface area contributed by atoms with Crippen molar-refractivity contribution in [2.75, 3.05) is 6.54 Å². The quantitative estimate of drug-likeness (QED) is 0.299. The van der Waals surface area contributed by atoms with Crippen LogP contribution in [-0.2, 0) is 35.2 Å². The predicted octanol–water partition coefficient (Wildman–Crippen LogP) is 3.01. The molecule has 2 saturated heterocycles. The zero-order valence-electron chi connectivity index (χ0n) is 25.9. The summed E-state index contributed by atoms with van der Waals surface area (Å²) in [5, 5.41) is 8.47. The van der Waals surface area contributed by atoms with Crippen LogP contribution in [0.25, 0.3) is 0 Å². The third-order valence-electron chi connectivity index (χ3n) is 8.65. The van der Waals surface area contributed by atoms with Gasteiger partial charge >= 0.3 is 0 Å². The monoisotopic (exact) mass is 596 g/mol. The number of benzene rings is 1. The van der Waals surface area contributed by atoms with Crippen molar-refractivity contribution in [3.05, 3.63) is 35.9 Å². The van der Waals surface area contributed by atoms with Crippen molar-refractivity contribution in [1.29, 1.82) is 0 Å². The highest BCUT2D eigenvalue weighted by atomic mass is 16.2. The van der Waals surface area contributed by atoms with Crippen LogP contribution in [0.15, 0.2) is 30.3 Å². The Bertz CT molecular complexity index is 1140. The van der Waals surface area contributed by atoms with Gasteiger partial charge < -0.3 is 20.9 Å². The molecule has 1 aromatic carbocycles. The molecule has 10 nitrogen and oxygen atoms in total. The van der Waals surface area contributed by atoms with E-state index in [1.807, 2.05) is 51.1 Å². The Hall–Kier alpha value is -3.56. The summed E-state index contributed by atoms with van der Waals surface area (Å²) in [5.74, 6) is -2.12. The summed E-state index contributed by atoms with van der Waals surface area (Å²) in [7, 11) is 0. The maximum atomic E-state index is 13.9. The summed E-state index contributed by atoms with van der Waals surface area (Å²) in [6.07, 6.45) is 5.70. The van der Waals surface area contributed by atoms with Gasteiger partial charge in [-0.3, -0.25) is 28.8 Å². The standard InChI is InChI=1S/C33H48N4O6/c1-4-22(3)29-33(43)37-19-13-12-18-28(37)32(42)34-26(17-11-7-10-16-24(38)5-2)30(40)35-27(31(41)36-29)21-25(39)20-23-14-8-6-9-15-23/h6,8-9,14-15,22,26-29H,4-5,7,10-13,16-21H2,1-3H3,(H,34,42)(H,35,40)(H,36,41)/t22-,26+,27+,28-,29+/m1/s1. The molecular formula is C33H48N4O6. The van der Waals surface area contributed by atoms with Crippen molar-refractivity contribution >= 4 is 35.2 Å². The van der Waals surface area contributed by atoms with Crippen molar-refractivity contribution in [2.24, 2.45) is 5.92 Å². The van der Waals surface area contributed by atoms with E-state index in [0.717, 1.165) is 18.4 Å². The van der Waals surface area contributed by atoms with Crippen LogP contribution in [-0.4, -0.2) is 70.8 Å². The van der Waals surface area contributed by atoms with Crippen LogP contribution in [0.4, 0.5) is 0 Å². The van der Waals surface area contributed by atoms with Crippen LogP contribution in [0, 0.1) is 5.92 Å². The average molecular weight is 597 g/mol. The number of amides is 4. The van der Waals surface area contributed by atoms with Gasteiger partial charge in [-0.1, -0.05) is 70.4 Å². The minimum atomic E-state index is -1.21. The van der Waals surface area contributed by atoms with Gasteiger partial charge in [-0.05, 0) is 43.6 Å². The molecule has 0 radical (unpaired) electrons. The van der Waals surface area contributed by atoms with E-state index in [1.54, 1.807) is 4.90 Å². The fourth-order valence-corrected chi connectivity index (χ4v) is 5.75. The van der Waals surface area contributed by atoms with Gasteiger partial charge in [0.1, 0.15) is 35.7 Å². The van der Waals surface area contributed by atoms with Crippen LogP contribution >= 0.6 is 0 Å². The van der Waals surface area contributed by atoms with Gasteiger partial charge in [0.25, 0.3) is 0 Å². The zero-order chi connectivity index (χ0) is 31.4. The Labute approximate surface area is 255 Å². The van der Waals surface area contributed by atoms with E-state index < -0.39 is 36.0 Å². The van der Waals surface area contributed by atoms with Gasteiger partial charge in [-0.25, -0.2) is 0 Å². The van der Waals surface area contributed by atoms with Gasteiger partial charge in [0.05, 0.1) is 0 Å². The first-order chi connectivity index (χ1) is 20.6. The van der Waals surface area contributed by atoms with E-state index in [2.05, 4.69) is 16.0 Å². The minimum absolute atomic E-state index is 0.0975. The van der Waals surface area contributed by atoms with Crippen molar-refractivity contribution in [3.8, 4) is 0 Å². The maximum Gasteiger partial charge on any atom is 0.246 e. The predicted molar refractivity (Wildman–Crippen MR) is 163 cm³/mol. The third kappa shape index (κ3) is 10.0. The first kappa shape index (κ1) is 33.9. The zero-order valence-corrected chi connectivity index (χ0v) is 25.9. The van der Waals surface area contributed by atoms with Crippen molar-refractivity contribution in [1.82, 2.24) is 20.9 Å². The number of nitrogens with one attached hydrogen (secondary N) is 3. The smallest absolute Gasteiger partial charge is 0.246 e. The molecule has 1 aromatic rings. The van der Waals surface area contributed by atoms with E-state index in [9.17, 15) is 28.8 Å². The number of fused-ring (bicyclic) bond motifs is 1. The molecule has 5 atom stereocenters. The molecule has 0 bridgehead atoms. The number of nitrogens with zero attached hydrogens (tertiary/aromatic N) is 1. The third-order valence-corrected chi connectivity index (χ3v) is 8.65. The van der Waals surface area contributed by atoms with Crippen LogP contribution < -0.4 is 16.0 Å². The number of rotatable bonds is 13. The molecule has 3 N–H and O–H groups in total. The summed E-state index contributed by atoms with van der Waals surface area (Å²) in [6.45, 7) is 6.01. The van der Waals surface area contributed by atoms with E-state index >= 15 is 0 Å². The number of Topliss-reactive ketones (excluding diaryl/α,β-unsaturated/α-hetero) is 2. The van der Waals surface area contributed by atoms with E-state index in [1.165, 1.54) is 0 Å². The molecule has 10 heteroatoms. The topological polar surface area (TPSA) is 142 Å². The number of ketones is 2. The number of carbonyl (C=O) groups excluding carboxylic acids is 6. The summed E-state index contributed by atoms with van der Waals surface area (Å²) >= 11 is 0. The van der Waals surface area contributed by atoms with Crippen molar-refractivity contribution in [2.45, 2.75) is 122 Å². The van der Waals surface area contributed by atoms with Crippen LogP contribution in [0.5, 0.6) is 0 Å². The molecule has 2 aliphatic heterocycles. The number of hydrogen-bond acceptors (Lipinski definition) is 6. The Morgan fingerprint density at radius 2 is 1.56 bits per heavy atom. The Morgan fingerprint density at radius 3 is 2.26 bits per heavy atom. The first-order valence-electron chi connectivity index (χ1n) is 15.9. The Balaban J connectivity index is 1.87.